The molecule has 1 aliphatic heterocycles. The molecule has 2 aromatic rings. The lowest BCUT2D eigenvalue weighted by Gasteiger charge is -2.33. The molecule has 170 valence electrons. The molecule has 0 aliphatic carbocycles. The van der Waals surface area contributed by atoms with Crippen molar-refractivity contribution in [2.75, 3.05) is 53.0 Å². The van der Waals surface area contributed by atoms with Crippen LogP contribution in [0.15, 0.2) is 51.9 Å². The van der Waals surface area contributed by atoms with Crippen molar-refractivity contribution in [3.05, 3.63) is 59.5 Å². The summed E-state index contributed by atoms with van der Waals surface area (Å²) in [6, 6.07) is 14.5. The van der Waals surface area contributed by atoms with Gasteiger partial charge in [0.25, 0.3) is 0 Å². The van der Waals surface area contributed by atoms with Crippen LogP contribution in [0.3, 0.4) is 0 Å². The fourth-order valence-corrected chi connectivity index (χ4v) is 3.63. The number of aryl methyl sites for hydroxylation is 1. The van der Waals surface area contributed by atoms with E-state index in [1.54, 1.807) is 7.05 Å². The number of hydrogen-bond donors (Lipinski definition) is 2. The Labute approximate surface area is 185 Å². The predicted molar refractivity (Wildman–Crippen MR) is 123 cm³/mol. The highest BCUT2D eigenvalue weighted by molar-refractivity contribution is 5.79. The molecule has 0 bridgehead atoms. The van der Waals surface area contributed by atoms with Crippen LogP contribution in [0.25, 0.3) is 0 Å². The van der Waals surface area contributed by atoms with E-state index in [4.69, 9.17) is 13.9 Å². The first kappa shape index (κ1) is 23.3. The van der Waals surface area contributed by atoms with Gasteiger partial charge in [-0.3, -0.25) is 9.89 Å². The number of furan rings is 1. The van der Waals surface area contributed by atoms with Crippen LogP contribution in [-0.2, 0) is 16.1 Å². The van der Waals surface area contributed by atoms with Gasteiger partial charge in [-0.15, -0.1) is 0 Å². The quantitative estimate of drug-likeness (QED) is 0.448. The standard InChI is InChI=1S/C24H36N4O3/c1-19(17-30-18-21-7-5-4-6-8-21)15-26-24(25-3)27-16-22(23-10-9-20(2)31-23)28-11-13-29-14-12-28/h4-10,19,22H,11-18H2,1-3H3,(H2,25,26,27). The fraction of sp³-hybridized carbons (Fsp3) is 0.542. The Hall–Kier alpha value is -2.35. The first-order chi connectivity index (χ1) is 15.2. The molecule has 2 atom stereocenters. The van der Waals surface area contributed by atoms with Crippen LogP contribution in [0.2, 0.25) is 0 Å². The van der Waals surface area contributed by atoms with E-state index in [0.29, 0.717) is 25.7 Å². The van der Waals surface area contributed by atoms with Crippen LogP contribution in [0.4, 0.5) is 0 Å². The van der Waals surface area contributed by atoms with Gasteiger partial charge in [-0.1, -0.05) is 37.3 Å². The molecule has 0 radical (unpaired) electrons. The average molecular weight is 429 g/mol. The zero-order valence-electron chi connectivity index (χ0n) is 19.0. The second-order valence-corrected chi connectivity index (χ2v) is 8.05. The van der Waals surface area contributed by atoms with E-state index in [1.807, 2.05) is 31.2 Å². The predicted octanol–water partition coefficient (Wildman–Crippen LogP) is 2.98. The second-order valence-electron chi connectivity index (χ2n) is 8.05. The number of benzene rings is 1. The van der Waals surface area contributed by atoms with E-state index >= 15 is 0 Å². The highest BCUT2D eigenvalue weighted by atomic mass is 16.5. The Morgan fingerprint density at radius 3 is 2.52 bits per heavy atom. The molecule has 2 unspecified atom stereocenters. The van der Waals surface area contributed by atoms with Gasteiger partial charge in [0.15, 0.2) is 5.96 Å². The minimum absolute atomic E-state index is 0.141. The maximum Gasteiger partial charge on any atom is 0.191 e. The van der Waals surface area contributed by atoms with E-state index in [-0.39, 0.29) is 6.04 Å². The van der Waals surface area contributed by atoms with Crippen LogP contribution in [0.5, 0.6) is 0 Å². The molecule has 1 aromatic carbocycles. The lowest BCUT2D eigenvalue weighted by atomic mass is 10.1. The van der Waals surface area contributed by atoms with Crippen LogP contribution in [-0.4, -0.2) is 63.9 Å². The Kier molecular flexibility index (Phi) is 9.39. The van der Waals surface area contributed by atoms with Gasteiger partial charge in [0.05, 0.1) is 32.5 Å². The van der Waals surface area contributed by atoms with E-state index in [9.17, 15) is 0 Å². The number of aliphatic imine (C=N–C) groups is 1. The summed E-state index contributed by atoms with van der Waals surface area (Å²) in [6.45, 7) is 10.3. The second kappa shape index (κ2) is 12.5. The van der Waals surface area contributed by atoms with Gasteiger partial charge in [0, 0.05) is 33.2 Å². The summed E-state index contributed by atoms with van der Waals surface area (Å²) in [7, 11) is 1.80. The van der Waals surface area contributed by atoms with Crippen molar-refractivity contribution in [2.24, 2.45) is 10.9 Å². The molecule has 1 saturated heterocycles. The molecule has 1 fully saturated rings. The summed E-state index contributed by atoms with van der Waals surface area (Å²) in [5.41, 5.74) is 1.20. The molecule has 1 aromatic heterocycles. The van der Waals surface area contributed by atoms with Gasteiger partial charge in [-0.25, -0.2) is 0 Å². The van der Waals surface area contributed by atoms with Crippen LogP contribution < -0.4 is 10.6 Å². The zero-order chi connectivity index (χ0) is 21.9. The summed E-state index contributed by atoms with van der Waals surface area (Å²) < 4.78 is 17.3. The first-order valence-corrected chi connectivity index (χ1v) is 11.1. The molecule has 31 heavy (non-hydrogen) atoms. The lowest BCUT2D eigenvalue weighted by molar-refractivity contribution is 0.0124. The van der Waals surface area contributed by atoms with Gasteiger partial charge >= 0.3 is 0 Å². The van der Waals surface area contributed by atoms with E-state index in [0.717, 1.165) is 50.3 Å². The summed E-state index contributed by atoms with van der Waals surface area (Å²) in [4.78, 5) is 6.79. The minimum atomic E-state index is 0.141. The molecule has 3 rings (SSSR count). The van der Waals surface area contributed by atoms with Gasteiger partial charge < -0.3 is 24.5 Å². The van der Waals surface area contributed by atoms with Gasteiger partial charge in [-0.2, -0.15) is 0 Å². The van der Waals surface area contributed by atoms with Crippen LogP contribution in [0.1, 0.15) is 30.0 Å². The Balaban J connectivity index is 1.44. The smallest absolute Gasteiger partial charge is 0.191 e. The average Bonchev–Trinajstić information content (AvgIpc) is 3.23. The molecule has 0 amide bonds. The van der Waals surface area contributed by atoms with E-state index < -0.39 is 0 Å². The number of morpholine rings is 1. The number of nitrogens with zero attached hydrogens (tertiary/aromatic N) is 2. The number of hydrogen-bond acceptors (Lipinski definition) is 5. The topological polar surface area (TPSA) is 71.3 Å². The molecule has 7 heteroatoms. The van der Waals surface area contributed by atoms with Crippen molar-refractivity contribution in [1.82, 2.24) is 15.5 Å². The third-order valence-corrected chi connectivity index (χ3v) is 5.39. The van der Waals surface area contributed by atoms with Crippen LogP contribution >= 0.6 is 0 Å². The van der Waals surface area contributed by atoms with E-state index in [1.165, 1.54) is 5.56 Å². The maximum absolute atomic E-state index is 5.94. The number of nitrogens with one attached hydrogen (secondary N) is 2. The molecule has 2 N–H and O–H groups in total. The SMILES string of the molecule is CN=C(NCC(C)COCc1ccccc1)NCC(c1ccc(C)o1)N1CCOCC1. The minimum Gasteiger partial charge on any atom is -0.465 e. The van der Waals surface area contributed by atoms with Crippen molar-refractivity contribution in [1.29, 1.82) is 0 Å². The molecule has 0 saturated carbocycles. The summed E-state index contributed by atoms with van der Waals surface area (Å²) in [6.07, 6.45) is 0. The molecule has 2 heterocycles. The molecule has 7 nitrogen and oxygen atoms in total. The van der Waals surface area contributed by atoms with Crippen molar-refractivity contribution >= 4 is 5.96 Å². The molecular weight excluding hydrogens is 392 g/mol. The maximum atomic E-state index is 5.94. The number of ether oxygens (including phenoxy) is 2. The highest BCUT2D eigenvalue weighted by Gasteiger charge is 2.25. The van der Waals surface area contributed by atoms with E-state index in [2.05, 4.69) is 45.6 Å². The van der Waals surface area contributed by atoms with Crippen molar-refractivity contribution in [3.63, 3.8) is 0 Å². The van der Waals surface area contributed by atoms with Crippen molar-refractivity contribution in [2.45, 2.75) is 26.5 Å². The Bertz CT molecular complexity index is 787. The third-order valence-electron chi connectivity index (χ3n) is 5.39. The third kappa shape index (κ3) is 7.69. The van der Waals surface area contributed by atoms with Crippen LogP contribution in [0, 0.1) is 12.8 Å². The highest BCUT2D eigenvalue weighted by Crippen LogP contribution is 2.23. The zero-order valence-corrected chi connectivity index (χ0v) is 19.0. The lowest BCUT2D eigenvalue weighted by Crippen LogP contribution is -2.47. The number of guanidine groups is 1. The van der Waals surface area contributed by atoms with Gasteiger partial charge in [0.1, 0.15) is 11.5 Å². The first-order valence-electron chi connectivity index (χ1n) is 11.1. The summed E-state index contributed by atoms with van der Waals surface area (Å²) >= 11 is 0. The largest absolute Gasteiger partial charge is 0.465 e. The Morgan fingerprint density at radius 2 is 1.84 bits per heavy atom. The van der Waals surface area contributed by atoms with Gasteiger partial charge in [-0.05, 0) is 30.5 Å². The summed E-state index contributed by atoms with van der Waals surface area (Å²) in [5, 5.41) is 6.89. The fourth-order valence-electron chi connectivity index (χ4n) is 3.63. The van der Waals surface area contributed by atoms with Gasteiger partial charge in [0.2, 0.25) is 0 Å². The molecule has 0 spiro atoms. The molecular formula is C24H36N4O3. The normalized spacial score (nSPS) is 17.3. The number of rotatable bonds is 10. The monoisotopic (exact) mass is 428 g/mol. The molecule has 1 aliphatic rings. The van der Waals surface area contributed by atoms with Crippen molar-refractivity contribution < 1.29 is 13.9 Å². The van der Waals surface area contributed by atoms with Crippen molar-refractivity contribution in [3.8, 4) is 0 Å². The Morgan fingerprint density at radius 1 is 1.10 bits per heavy atom. The summed E-state index contributed by atoms with van der Waals surface area (Å²) in [5.74, 6) is 3.06.